The van der Waals surface area contributed by atoms with Crippen molar-refractivity contribution in [3.8, 4) is 5.82 Å². The largest absolute Gasteiger partial charge is 0.466 e. The van der Waals surface area contributed by atoms with Crippen LogP contribution >= 0.6 is 11.3 Å². The predicted molar refractivity (Wildman–Crippen MR) is 111 cm³/mol. The summed E-state index contributed by atoms with van der Waals surface area (Å²) >= 11 is 1.16. The van der Waals surface area contributed by atoms with Gasteiger partial charge in [-0.25, -0.2) is 14.6 Å². The lowest BCUT2D eigenvalue weighted by Gasteiger charge is -2.13. The Bertz CT molecular complexity index is 1110. The van der Waals surface area contributed by atoms with E-state index in [0.717, 1.165) is 23.6 Å². The first-order valence-corrected chi connectivity index (χ1v) is 10.5. The minimum Gasteiger partial charge on any atom is -0.466 e. The van der Waals surface area contributed by atoms with Crippen molar-refractivity contribution >= 4 is 28.3 Å². The van der Waals surface area contributed by atoms with E-state index in [1.165, 1.54) is 16.9 Å². The van der Waals surface area contributed by atoms with Gasteiger partial charge in [0.15, 0.2) is 10.9 Å². The lowest BCUT2D eigenvalue weighted by molar-refractivity contribution is -0.142. The molecule has 8 nitrogen and oxygen atoms in total. The van der Waals surface area contributed by atoms with E-state index in [1.54, 1.807) is 12.3 Å². The van der Waals surface area contributed by atoms with Crippen molar-refractivity contribution in [3.05, 3.63) is 52.4 Å². The Kier molecular flexibility index (Phi) is 6.92. The maximum atomic E-state index is 12.8. The molecule has 0 spiro atoms. The van der Waals surface area contributed by atoms with Gasteiger partial charge in [-0.2, -0.15) is 18.3 Å². The van der Waals surface area contributed by atoms with Gasteiger partial charge in [-0.3, -0.25) is 14.9 Å². The molecule has 0 saturated carbocycles. The van der Waals surface area contributed by atoms with E-state index in [0.29, 0.717) is 16.5 Å². The molecule has 32 heavy (non-hydrogen) atoms. The zero-order valence-electron chi connectivity index (χ0n) is 17.4. The second kappa shape index (κ2) is 9.47. The fourth-order valence-corrected chi connectivity index (χ4v) is 3.63. The number of nitrogens with one attached hydrogen (secondary N) is 1. The van der Waals surface area contributed by atoms with E-state index in [9.17, 15) is 22.8 Å². The monoisotopic (exact) mass is 467 g/mol. The lowest BCUT2D eigenvalue weighted by Crippen LogP contribution is -2.16. The van der Waals surface area contributed by atoms with Gasteiger partial charge < -0.3 is 4.74 Å². The first kappa shape index (κ1) is 23.4. The summed E-state index contributed by atoms with van der Waals surface area (Å²) in [6.45, 7) is 5.63. The predicted octanol–water partition coefficient (Wildman–Crippen LogP) is 4.22. The number of thiazole rings is 1. The van der Waals surface area contributed by atoms with E-state index in [4.69, 9.17) is 4.74 Å². The fourth-order valence-electron chi connectivity index (χ4n) is 2.92. The van der Waals surface area contributed by atoms with E-state index in [2.05, 4.69) is 20.4 Å². The number of aromatic nitrogens is 4. The van der Waals surface area contributed by atoms with Gasteiger partial charge in [0.25, 0.3) is 5.91 Å². The summed E-state index contributed by atoms with van der Waals surface area (Å²) in [5.74, 6) is -0.920. The molecular formula is C20H20F3N5O3S. The molecule has 0 aliphatic rings. The lowest BCUT2D eigenvalue weighted by atomic mass is 10.1. The van der Waals surface area contributed by atoms with Crippen LogP contribution in [0.5, 0.6) is 0 Å². The van der Waals surface area contributed by atoms with E-state index in [-0.39, 0.29) is 30.3 Å². The average Bonchev–Trinajstić information content (AvgIpc) is 3.34. The Morgan fingerprint density at radius 2 is 2.00 bits per heavy atom. The molecule has 3 heterocycles. The minimum absolute atomic E-state index is 0.00498. The third-order valence-electron chi connectivity index (χ3n) is 4.29. The maximum Gasteiger partial charge on any atom is 0.417 e. The Morgan fingerprint density at radius 3 is 2.59 bits per heavy atom. The summed E-state index contributed by atoms with van der Waals surface area (Å²) in [4.78, 5) is 32.5. The highest BCUT2D eigenvalue weighted by atomic mass is 32.1. The molecule has 0 aliphatic heterocycles. The number of alkyl halides is 3. The molecule has 0 aliphatic carbocycles. The standard InChI is InChI=1S/C20H20F3N5O3S/c1-4-31-16(29)7-13-10-32-19(26-13)27-18(30)14-9-25-28(17(14)11(2)3)15-6-5-12(8-24-15)20(21,22)23/h5-6,8-11H,4,7H2,1-3H3,(H,26,27,30). The number of anilines is 1. The third-order valence-corrected chi connectivity index (χ3v) is 5.10. The molecule has 170 valence electrons. The van der Waals surface area contributed by atoms with Gasteiger partial charge in [0.1, 0.15) is 0 Å². The van der Waals surface area contributed by atoms with Crippen LogP contribution in [0.1, 0.15) is 54.0 Å². The number of amides is 1. The Hall–Kier alpha value is -3.28. The molecule has 1 amide bonds. The summed E-state index contributed by atoms with van der Waals surface area (Å²) in [7, 11) is 0. The molecular weight excluding hydrogens is 447 g/mol. The van der Waals surface area contributed by atoms with Gasteiger partial charge in [0.05, 0.1) is 41.7 Å². The normalized spacial score (nSPS) is 11.6. The van der Waals surface area contributed by atoms with Crippen molar-refractivity contribution in [3.63, 3.8) is 0 Å². The van der Waals surface area contributed by atoms with Crippen molar-refractivity contribution in [1.82, 2.24) is 19.7 Å². The highest BCUT2D eigenvalue weighted by Crippen LogP contribution is 2.29. The highest BCUT2D eigenvalue weighted by molar-refractivity contribution is 7.14. The summed E-state index contributed by atoms with van der Waals surface area (Å²) < 4.78 is 44.7. The number of pyridine rings is 1. The first-order valence-electron chi connectivity index (χ1n) is 9.63. The second-order valence-corrected chi connectivity index (χ2v) is 7.85. The van der Waals surface area contributed by atoms with Gasteiger partial charge in [-0.1, -0.05) is 13.8 Å². The molecule has 12 heteroatoms. The smallest absolute Gasteiger partial charge is 0.417 e. The van der Waals surface area contributed by atoms with E-state index in [1.807, 2.05) is 13.8 Å². The zero-order chi connectivity index (χ0) is 23.5. The molecule has 0 radical (unpaired) electrons. The van der Waals surface area contributed by atoms with Crippen LogP contribution in [0.15, 0.2) is 29.9 Å². The van der Waals surface area contributed by atoms with Crippen LogP contribution in [-0.4, -0.2) is 38.2 Å². The van der Waals surface area contributed by atoms with Crippen LogP contribution in [0.3, 0.4) is 0 Å². The summed E-state index contributed by atoms with van der Waals surface area (Å²) in [5.41, 5.74) is 0.319. The number of rotatable bonds is 7. The van der Waals surface area contributed by atoms with Crippen LogP contribution in [-0.2, 0) is 22.1 Å². The molecule has 3 rings (SSSR count). The Morgan fingerprint density at radius 1 is 1.25 bits per heavy atom. The van der Waals surface area contributed by atoms with Crippen molar-refractivity contribution < 1.29 is 27.5 Å². The Balaban J connectivity index is 1.82. The van der Waals surface area contributed by atoms with E-state index < -0.39 is 23.6 Å². The van der Waals surface area contributed by atoms with Gasteiger partial charge >= 0.3 is 12.1 Å². The number of esters is 1. The quantitative estimate of drug-likeness (QED) is 0.523. The number of halogens is 3. The third kappa shape index (κ3) is 5.31. The van der Waals surface area contributed by atoms with Crippen molar-refractivity contribution in [2.45, 2.75) is 39.3 Å². The number of ether oxygens (including phenoxy) is 1. The minimum atomic E-state index is -4.50. The van der Waals surface area contributed by atoms with Crippen molar-refractivity contribution in [2.75, 3.05) is 11.9 Å². The molecule has 0 aromatic carbocycles. The average molecular weight is 467 g/mol. The second-order valence-electron chi connectivity index (χ2n) is 6.99. The van der Waals surface area contributed by atoms with Crippen molar-refractivity contribution in [2.24, 2.45) is 0 Å². The number of carbonyl (C=O) groups excluding carboxylic acids is 2. The summed E-state index contributed by atoms with van der Waals surface area (Å²) in [6, 6.07) is 2.11. The molecule has 0 fully saturated rings. The number of nitrogens with zero attached hydrogens (tertiary/aromatic N) is 4. The molecule has 0 unspecified atom stereocenters. The van der Waals surface area contributed by atoms with Gasteiger partial charge in [0, 0.05) is 11.6 Å². The molecule has 1 N–H and O–H groups in total. The van der Waals surface area contributed by atoms with Crippen LogP contribution < -0.4 is 5.32 Å². The van der Waals surface area contributed by atoms with Gasteiger partial charge in [0.2, 0.25) is 0 Å². The first-order chi connectivity index (χ1) is 15.1. The molecule has 3 aromatic rings. The summed E-state index contributed by atoms with van der Waals surface area (Å²) in [5, 5.41) is 8.77. The maximum absolute atomic E-state index is 12.8. The number of hydrogen-bond acceptors (Lipinski definition) is 7. The van der Waals surface area contributed by atoms with E-state index >= 15 is 0 Å². The van der Waals surface area contributed by atoms with Gasteiger partial charge in [-0.15, -0.1) is 11.3 Å². The highest BCUT2D eigenvalue weighted by Gasteiger charge is 2.31. The molecule has 0 bridgehead atoms. The SMILES string of the molecule is CCOC(=O)Cc1csc(NC(=O)c2cnn(-c3ccc(C(F)(F)F)cn3)c2C(C)C)n1. The molecule has 0 saturated heterocycles. The molecule has 0 atom stereocenters. The number of carbonyl (C=O) groups is 2. The van der Waals surface area contributed by atoms with Gasteiger partial charge in [-0.05, 0) is 25.0 Å². The molecule has 3 aromatic heterocycles. The van der Waals surface area contributed by atoms with Crippen LogP contribution in [0.25, 0.3) is 5.82 Å². The van der Waals surface area contributed by atoms with Crippen molar-refractivity contribution in [1.29, 1.82) is 0 Å². The fraction of sp³-hybridized carbons (Fsp3) is 0.350. The topological polar surface area (TPSA) is 99.0 Å². The van der Waals surface area contributed by atoms with Crippen LogP contribution in [0, 0.1) is 0 Å². The summed E-state index contributed by atoms with van der Waals surface area (Å²) in [6.07, 6.45) is -2.45. The number of hydrogen-bond donors (Lipinski definition) is 1. The van der Waals surface area contributed by atoms with Crippen LogP contribution in [0.2, 0.25) is 0 Å². The Labute approximate surface area is 185 Å². The van der Waals surface area contributed by atoms with Crippen LogP contribution in [0.4, 0.5) is 18.3 Å². The zero-order valence-corrected chi connectivity index (χ0v) is 18.3.